The third kappa shape index (κ3) is 4.73. The number of fused-ring (bicyclic) bond motifs is 4. The highest BCUT2D eigenvalue weighted by Crippen LogP contribution is 2.55. The topological polar surface area (TPSA) is 115 Å². The summed E-state index contributed by atoms with van der Waals surface area (Å²) in [4.78, 5) is 13.7. The molecule has 0 aliphatic carbocycles. The van der Waals surface area contributed by atoms with Crippen molar-refractivity contribution in [3.05, 3.63) is 140 Å². The van der Waals surface area contributed by atoms with Gasteiger partial charge in [0.25, 0.3) is 0 Å². The predicted octanol–water partition coefficient (Wildman–Crippen LogP) is 7.57. The fraction of sp³-hybridized carbons (Fsp3) is 0. The lowest BCUT2D eigenvalue weighted by Crippen LogP contribution is -2.24. The fourth-order valence-corrected chi connectivity index (χ4v) is 8.95. The van der Waals surface area contributed by atoms with Gasteiger partial charge in [-0.2, -0.15) is 15.0 Å². The zero-order chi connectivity index (χ0) is 30.3. The molecule has 3 heterocycles. The maximum atomic E-state index is 14.6. The minimum Gasteiger partial charge on any atom is -0.425 e. The zero-order valence-corrected chi connectivity index (χ0v) is 25.0. The summed E-state index contributed by atoms with van der Waals surface area (Å²) in [5.74, 6) is 0.937. The summed E-state index contributed by atoms with van der Waals surface area (Å²) in [6, 6.07) is 31.1. The largest absolute Gasteiger partial charge is 0.425 e. The Labute approximate surface area is 254 Å². The van der Waals surface area contributed by atoms with Crippen molar-refractivity contribution in [1.82, 2.24) is 15.0 Å². The number of benzene rings is 4. The summed E-state index contributed by atoms with van der Waals surface area (Å²) in [5.41, 5.74) is 3.62. The first-order chi connectivity index (χ1) is 21.4. The van der Waals surface area contributed by atoms with E-state index in [0.717, 1.165) is 11.1 Å². The van der Waals surface area contributed by atoms with E-state index in [1.165, 1.54) is 6.08 Å². The van der Waals surface area contributed by atoms with E-state index in [-0.39, 0.29) is 17.7 Å². The molecule has 44 heavy (non-hydrogen) atoms. The molecule has 1 aromatic heterocycles. The molecule has 0 saturated heterocycles. The summed E-state index contributed by atoms with van der Waals surface area (Å²) in [5, 5.41) is 6.81. The van der Waals surface area contributed by atoms with Crippen LogP contribution in [0.25, 0.3) is 28.1 Å². The number of allylic oxidation sites excluding steroid dienone is 3. The quantitative estimate of drug-likeness (QED) is 0.178. The van der Waals surface area contributed by atoms with Crippen LogP contribution in [0.15, 0.2) is 134 Å². The first kappa shape index (κ1) is 27.6. The van der Waals surface area contributed by atoms with Gasteiger partial charge >= 0.3 is 15.0 Å². The summed E-state index contributed by atoms with van der Waals surface area (Å²) >= 11 is 0. The van der Waals surface area contributed by atoms with Gasteiger partial charge in [-0.25, -0.2) is 9.13 Å². The van der Waals surface area contributed by atoms with Gasteiger partial charge in [0.2, 0.25) is 11.9 Å². The van der Waals surface area contributed by atoms with Crippen LogP contribution in [-0.2, 0) is 13.7 Å². The van der Waals surface area contributed by atoms with E-state index in [4.69, 9.17) is 9.05 Å². The lowest BCUT2D eigenvalue weighted by atomic mass is 10.0. The molecule has 7 rings (SSSR count). The van der Waals surface area contributed by atoms with Crippen LogP contribution in [0.1, 0.15) is 5.56 Å². The number of hydrogen-bond donors (Lipinski definition) is 2. The molecule has 0 fully saturated rings. The molecule has 0 saturated carbocycles. The van der Waals surface area contributed by atoms with Gasteiger partial charge in [0, 0.05) is 27.8 Å². The van der Waals surface area contributed by atoms with Crippen molar-refractivity contribution >= 4 is 43.1 Å². The monoisotopic (exact) mass is 617 g/mol. The van der Waals surface area contributed by atoms with Gasteiger partial charge in [-0.05, 0) is 24.3 Å². The molecule has 0 amide bonds. The number of para-hydroxylation sites is 1. The average molecular weight is 618 g/mol. The van der Waals surface area contributed by atoms with E-state index in [0.29, 0.717) is 38.8 Å². The Morgan fingerprint density at radius 3 is 1.80 bits per heavy atom. The van der Waals surface area contributed by atoms with E-state index >= 15 is 0 Å². The molecule has 11 heteroatoms. The van der Waals surface area contributed by atoms with Gasteiger partial charge in [-0.3, -0.25) is 10.2 Å². The number of anilines is 2. The van der Waals surface area contributed by atoms with Crippen LogP contribution in [0.2, 0.25) is 0 Å². The van der Waals surface area contributed by atoms with Crippen molar-refractivity contribution in [2.24, 2.45) is 0 Å². The second kappa shape index (κ2) is 10.8. The lowest BCUT2D eigenvalue weighted by molar-refractivity contribution is 0.430. The molecule has 9 nitrogen and oxygen atoms in total. The van der Waals surface area contributed by atoms with E-state index in [1.807, 2.05) is 72.8 Å². The minimum atomic E-state index is -3.84. The molecular formula is C33H25N5O4P2. The molecule has 5 aromatic rings. The van der Waals surface area contributed by atoms with E-state index < -0.39 is 15.0 Å². The number of rotatable bonds is 7. The standard InChI is InChI=1S/C33H25N5O4P2/c1-3-23-25-17-9-12-20-29(25)43(39,41-27(23)4-2)37-32-34-31(22-14-6-5-7-15-22)35-33(36-32)38-44(40)30-21-13-10-18-26(30)24-16-8-11-19-28(24)42-44/h3-21H,1-2H2,(H2,34,35,36,37,38,39,40). The molecule has 0 spiro atoms. The van der Waals surface area contributed by atoms with Gasteiger partial charge in [0.1, 0.15) is 11.5 Å². The highest BCUT2D eigenvalue weighted by atomic mass is 31.2. The molecule has 4 aromatic carbocycles. The maximum Gasteiger partial charge on any atom is 0.374 e. The Morgan fingerprint density at radius 2 is 1.14 bits per heavy atom. The van der Waals surface area contributed by atoms with E-state index in [9.17, 15) is 9.13 Å². The van der Waals surface area contributed by atoms with Crippen LogP contribution in [-0.4, -0.2) is 15.0 Å². The van der Waals surface area contributed by atoms with Crippen molar-refractivity contribution in [1.29, 1.82) is 0 Å². The molecule has 2 atom stereocenters. The van der Waals surface area contributed by atoms with Crippen LogP contribution >= 0.6 is 15.0 Å². The normalized spacial score (nSPS) is 19.7. The smallest absolute Gasteiger partial charge is 0.374 e. The first-order valence-corrected chi connectivity index (χ1v) is 16.9. The number of aromatic nitrogens is 3. The van der Waals surface area contributed by atoms with Crippen molar-refractivity contribution in [3.63, 3.8) is 0 Å². The van der Waals surface area contributed by atoms with Crippen molar-refractivity contribution in [2.75, 3.05) is 10.2 Å². The van der Waals surface area contributed by atoms with Gasteiger partial charge < -0.3 is 9.05 Å². The van der Waals surface area contributed by atoms with Crippen LogP contribution < -0.4 is 25.3 Å². The third-order valence-electron chi connectivity index (χ3n) is 7.18. The Balaban J connectivity index is 1.33. The summed E-state index contributed by atoms with van der Waals surface area (Å²) in [7, 11) is -7.64. The minimum absolute atomic E-state index is 0.0398. The van der Waals surface area contributed by atoms with Crippen molar-refractivity contribution in [3.8, 4) is 28.3 Å². The van der Waals surface area contributed by atoms with Gasteiger partial charge in [0.05, 0.1) is 10.6 Å². The molecule has 2 N–H and O–H groups in total. The average Bonchev–Trinajstić information content (AvgIpc) is 3.05. The molecule has 2 aliphatic heterocycles. The van der Waals surface area contributed by atoms with Gasteiger partial charge in [0.15, 0.2) is 5.82 Å². The maximum absolute atomic E-state index is 14.6. The highest BCUT2D eigenvalue weighted by Gasteiger charge is 2.39. The Morgan fingerprint density at radius 1 is 0.591 bits per heavy atom. The third-order valence-corrected chi connectivity index (χ3v) is 11.1. The molecule has 2 aliphatic rings. The Hall–Kier alpha value is -5.23. The number of hydrogen-bond acceptors (Lipinski definition) is 7. The summed E-state index contributed by atoms with van der Waals surface area (Å²) < 4.78 is 41.2. The first-order valence-electron chi connectivity index (χ1n) is 13.7. The molecule has 216 valence electrons. The van der Waals surface area contributed by atoms with Crippen LogP contribution in [0, 0.1) is 0 Å². The molecule has 2 unspecified atom stereocenters. The van der Waals surface area contributed by atoms with Crippen LogP contribution in [0.3, 0.4) is 0 Å². The van der Waals surface area contributed by atoms with Crippen LogP contribution in [0.4, 0.5) is 11.9 Å². The Kier molecular flexibility index (Phi) is 6.77. The molecular weight excluding hydrogens is 592 g/mol. The second-order valence-electron chi connectivity index (χ2n) is 9.90. The summed E-state index contributed by atoms with van der Waals surface area (Å²) in [6.07, 6.45) is 3.12. The molecule has 0 radical (unpaired) electrons. The summed E-state index contributed by atoms with van der Waals surface area (Å²) in [6.45, 7) is 7.71. The van der Waals surface area contributed by atoms with Crippen LogP contribution in [0.5, 0.6) is 5.75 Å². The SMILES string of the molecule is C=CC1=C(C=C)c2ccccc2P(=O)(Nc2nc(NP3(=O)Oc4ccccc4-c4ccccc43)nc(-c3ccccc3)n2)O1. The number of nitrogens with zero attached hydrogens (tertiary/aromatic N) is 3. The molecule has 0 bridgehead atoms. The van der Waals surface area contributed by atoms with Gasteiger partial charge in [-0.1, -0.05) is 104 Å². The predicted molar refractivity (Wildman–Crippen MR) is 174 cm³/mol. The van der Waals surface area contributed by atoms with E-state index in [2.05, 4.69) is 38.3 Å². The van der Waals surface area contributed by atoms with Gasteiger partial charge in [-0.15, -0.1) is 0 Å². The zero-order valence-electron chi connectivity index (χ0n) is 23.3. The van der Waals surface area contributed by atoms with Crippen molar-refractivity contribution < 1.29 is 18.2 Å². The van der Waals surface area contributed by atoms with E-state index in [1.54, 1.807) is 36.4 Å². The Bertz CT molecular complexity index is 2100. The number of nitrogens with one attached hydrogen (secondary N) is 2. The second-order valence-corrected chi connectivity index (χ2v) is 13.9. The highest BCUT2D eigenvalue weighted by molar-refractivity contribution is 7.69. The van der Waals surface area contributed by atoms with Crippen molar-refractivity contribution in [2.45, 2.75) is 0 Å². The fourth-order valence-electron chi connectivity index (χ4n) is 5.22. The lowest BCUT2D eigenvalue weighted by Gasteiger charge is -2.29.